The number of nitrogens with zero attached hydrogens (tertiary/aromatic N) is 6. The predicted octanol–water partition coefficient (Wildman–Crippen LogP) is 1.28. The summed E-state index contributed by atoms with van der Waals surface area (Å²) in [6.45, 7) is 2.60. The number of nitrogen functional groups attached to an aromatic ring is 1. The summed E-state index contributed by atoms with van der Waals surface area (Å²) in [5.41, 5.74) is 6.88. The van der Waals surface area contributed by atoms with E-state index in [-0.39, 0.29) is 11.9 Å². The molecule has 0 bridgehead atoms. The van der Waals surface area contributed by atoms with Crippen LogP contribution in [0.4, 0.5) is 11.1 Å². The van der Waals surface area contributed by atoms with Crippen LogP contribution >= 0.6 is 11.5 Å². The quantitative estimate of drug-likeness (QED) is 0.722. The van der Waals surface area contributed by atoms with Gasteiger partial charge in [0.15, 0.2) is 5.69 Å². The van der Waals surface area contributed by atoms with Gasteiger partial charge in [-0.2, -0.15) is 14.5 Å². The van der Waals surface area contributed by atoms with Crippen molar-refractivity contribution in [3.63, 3.8) is 0 Å². The molecule has 140 valence electrons. The first-order valence-corrected chi connectivity index (χ1v) is 9.25. The Bertz CT molecular complexity index is 929. The lowest BCUT2D eigenvalue weighted by molar-refractivity contribution is 0.0740. The second-order valence-corrected chi connectivity index (χ2v) is 6.79. The maximum absolute atomic E-state index is 12.8. The minimum Gasteiger partial charge on any atom is -0.497 e. The minimum absolute atomic E-state index is 0.0707. The Morgan fingerprint density at radius 2 is 1.89 bits per heavy atom. The Morgan fingerprint density at radius 1 is 1.15 bits per heavy atom. The van der Waals surface area contributed by atoms with E-state index in [1.165, 1.54) is 11.5 Å². The molecular weight excluding hydrogens is 366 g/mol. The Labute approximate surface area is 160 Å². The standard InChI is InChI=1S/C17H19N7O2S/c1-26-13-4-2-12(3-5-13)24-7-6-14(20-24)15(25)22-8-10-23(11-9-22)17-19-16(18)21-27-17/h2-7H,8-11H2,1H3,(H2,18,21). The van der Waals surface area contributed by atoms with E-state index < -0.39 is 0 Å². The van der Waals surface area contributed by atoms with Crippen LogP contribution in [0.3, 0.4) is 0 Å². The lowest BCUT2D eigenvalue weighted by Gasteiger charge is -2.33. The fourth-order valence-corrected chi connectivity index (χ4v) is 3.58. The molecule has 1 aliphatic rings. The molecule has 0 aliphatic carbocycles. The minimum atomic E-state index is -0.0707. The number of carbonyl (C=O) groups is 1. The number of rotatable bonds is 4. The van der Waals surface area contributed by atoms with Crippen LogP contribution < -0.4 is 15.4 Å². The third-order valence-electron chi connectivity index (χ3n) is 4.41. The Morgan fingerprint density at radius 3 is 2.52 bits per heavy atom. The molecule has 1 amide bonds. The number of anilines is 2. The Hall–Kier alpha value is -3.14. The first-order valence-electron chi connectivity index (χ1n) is 8.47. The summed E-state index contributed by atoms with van der Waals surface area (Å²) in [6.07, 6.45) is 1.79. The summed E-state index contributed by atoms with van der Waals surface area (Å²) < 4.78 is 10.8. The molecule has 1 aliphatic heterocycles. The number of piperazine rings is 1. The van der Waals surface area contributed by atoms with Gasteiger partial charge < -0.3 is 20.3 Å². The van der Waals surface area contributed by atoms with Gasteiger partial charge in [-0.3, -0.25) is 4.79 Å². The Kier molecular flexibility index (Phi) is 4.63. The normalized spacial score (nSPS) is 14.4. The van der Waals surface area contributed by atoms with E-state index in [4.69, 9.17) is 10.5 Å². The number of benzene rings is 1. The van der Waals surface area contributed by atoms with Crippen molar-refractivity contribution in [1.29, 1.82) is 0 Å². The average molecular weight is 385 g/mol. The number of hydrogen-bond acceptors (Lipinski definition) is 8. The van der Waals surface area contributed by atoms with Crippen LogP contribution in [0.1, 0.15) is 10.5 Å². The van der Waals surface area contributed by atoms with Gasteiger partial charge in [0, 0.05) is 43.9 Å². The summed E-state index contributed by atoms with van der Waals surface area (Å²) in [6, 6.07) is 9.25. The summed E-state index contributed by atoms with van der Waals surface area (Å²) in [7, 11) is 1.62. The summed E-state index contributed by atoms with van der Waals surface area (Å²) >= 11 is 1.28. The molecule has 27 heavy (non-hydrogen) atoms. The maximum Gasteiger partial charge on any atom is 0.274 e. The molecule has 4 rings (SSSR count). The van der Waals surface area contributed by atoms with E-state index in [1.807, 2.05) is 29.2 Å². The molecule has 2 aromatic heterocycles. The van der Waals surface area contributed by atoms with Crippen molar-refractivity contribution in [1.82, 2.24) is 24.0 Å². The van der Waals surface area contributed by atoms with Gasteiger partial charge in [0.25, 0.3) is 5.91 Å². The molecule has 0 atom stereocenters. The zero-order valence-electron chi connectivity index (χ0n) is 14.8. The lowest BCUT2D eigenvalue weighted by atomic mass is 10.3. The monoisotopic (exact) mass is 385 g/mol. The number of methoxy groups -OCH3 is 1. The highest BCUT2D eigenvalue weighted by Crippen LogP contribution is 2.20. The SMILES string of the molecule is COc1ccc(-n2ccc(C(=O)N3CCN(c4nc(N)ns4)CC3)n2)cc1. The van der Waals surface area contributed by atoms with Crippen LogP contribution in [0.25, 0.3) is 5.69 Å². The van der Waals surface area contributed by atoms with Crippen LogP contribution in [-0.4, -0.2) is 63.2 Å². The molecule has 0 radical (unpaired) electrons. The first kappa shape index (κ1) is 17.3. The van der Waals surface area contributed by atoms with Crippen molar-refractivity contribution >= 4 is 28.5 Å². The van der Waals surface area contributed by atoms with Crippen molar-refractivity contribution in [3.05, 3.63) is 42.2 Å². The molecule has 1 saturated heterocycles. The van der Waals surface area contributed by atoms with E-state index in [0.29, 0.717) is 31.9 Å². The molecule has 2 N–H and O–H groups in total. The van der Waals surface area contributed by atoms with E-state index >= 15 is 0 Å². The molecule has 1 aromatic carbocycles. The first-order chi connectivity index (χ1) is 13.1. The molecule has 0 spiro atoms. The van der Waals surface area contributed by atoms with Crippen LogP contribution in [0.15, 0.2) is 36.5 Å². The highest BCUT2D eigenvalue weighted by atomic mass is 32.1. The summed E-state index contributed by atoms with van der Waals surface area (Å²) in [5, 5.41) is 5.22. The topological polar surface area (TPSA) is 102 Å². The number of amides is 1. The van der Waals surface area contributed by atoms with Crippen LogP contribution in [-0.2, 0) is 0 Å². The molecule has 1 fully saturated rings. The lowest BCUT2D eigenvalue weighted by Crippen LogP contribution is -2.48. The van der Waals surface area contributed by atoms with E-state index in [2.05, 4.69) is 19.4 Å². The van der Waals surface area contributed by atoms with Crippen LogP contribution in [0.2, 0.25) is 0 Å². The van der Waals surface area contributed by atoms with Crippen molar-refractivity contribution < 1.29 is 9.53 Å². The fraction of sp³-hybridized carbons (Fsp3) is 0.294. The van der Waals surface area contributed by atoms with Gasteiger partial charge in [0.2, 0.25) is 11.1 Å². The highest BCUT2D eigenvalue weighted by molar-refractivity contribution is 7.09. The molecular formula is C17H19N7O2S. The molecule has 9 nitrogen and oxygen atoms in total. The number of hydrogen-bond donors (Lipinski definition) is 1. The van der Waals surface area contributed by atoms with Gasteiger partial charge in [0.1, 0.15) is 5.75 Å². The summed E-state index contributed by atoms with van der Waals surface area (Å²) in [4.78, 5) is 20.9. The molecule has 3 heterocycles. The van der Waals surface area contributed by atoms with Gasteiger partial charge >= 0.3 is 0 Å². The number of nitrogens with two attached hydrogens (primary N) is 1. The van der Waals surface area contributed by atoms with Gasteiger partial charge in [-0.05, 0) is 30.3 Å². The van der Waals surface area contributed by atoms with Crippen LogP contribution in [0.5, 0.6) is 5.75 Å². The van der Waals surface area contributed by atoms with Crippen LogP contribution in [0, 0.1) is 0 Å². The third kappa shape index (κ3) is 3.56. The summed E-state index contributed by atoms with van der Waals surface area (Å²) in [5.74, 6) is 0.994. The second-order valence-electron chi connectivity index (χ2n) is 6.06. The van der Waals surface area contributed by atoms with Crippen molar-refractivity contribution in [2.24, 2.45) is 0 Å². The van der Waals surface area contributed by atoms with Gasteiger partial charge in [-0.25, -0.2) is 4.68 Å². The zero-order valence-corrected chi connectivity index (χ0v) is 15.6. The van der Waals surface area contributed by atoms with Crippen molar-refractivity contribution in [3.8, 4) is 11.4 Å². The van der Waals surface area contributed by atoms with E-state index in [1.54, 1.807) is 24.1 Å². The predicted molar refractivity (Wildman–Crippen MR) is 103 cm³/mol. The molecule has 10 heteroatoms. The number of aromatic nitrogens is 4. The largest absolute Gasteiger partial charge is 0.497 e. The fourth-order valence-electron chi connectivity index (χ4n) is 2.93. The molecule has 0 unspecified atom stereocenters. The number of carbonyl (C=O) groups excluding carboxylic acids is 1. The van der Waals surface area contributed by atoms with Gasteiger partial charge in [-0.1, -0.05) is 0 Å². The van der Waals surface area contributed by atoms with Gasteiger partial charge in [-0.15, -0.1) is 0 Å². The van der Waals surface area contributed by atoms with E-state index in [0.717, 1.165) is 16.6 Å². The third-order valence-corrected chi connectivity index (χ3v) is 5.20. The molecule has 3 aromatic rings. The average Bonchev–Trinajstić information content (AvgIpc) is 3.37. The Balaban J connectivity index is 1.41. The smallest absolute Gasteiger partial charge is 0.274 e. The van der Waals surface area contributed by atoms with E-state index in [9.17, 15) is 4.79 Å². The van der Waals surface area contributed by atoms with Crippen molar-refractivity contribution in [2.75, 3.05) is 43.9 Å². The zero-order chi connectivity index (χ0) is 18.8. The van der Waals surface area contributed by atoms with Gasteiger partial charge in [0.05, 0.1) is 12.8 Å². The second kappa shape index (κ2) is 7.23. The maximum atomic E-state index is 12.8. The van der Waals surface area contributed by atoms with Crippen molar-refractivity contribution in [2.45, 2.75) is 0 Å². The molecule has 0 saturated carbocycles. The highest BCUT2D eigenvalue weighted by Gasteiger charge is 2.25. The number of ether oxygens (including phenoxy) is 1.